The number of amides is 1. The number of phenols is 1. The van der Waals surface area contributed by atoms with E-state index in [9.17, 15) is 40.6 Å². The molecule has 0 saturated heterocycles. The molecule has 0 atom stereocenters. The molecule has 1 amide bonds. The Morgan fingerprint density at radius 3 is 1.76 bits per heavy atom. The van der Waals surface area contributed by atoms with Gasteiger partial charge >= 0.3 is 5.56 Å². The van der Waals surface area contributed by atoms with E-state index in [0.29, 0.717) is 23.9 Å². The van der Waals surface area contributed by atoms with Crippen molar-refractivity contribution in [2.24, 2.45) is 10.2 Å². The third kappa shape index (κ3) is 16.1. The number of H-pyrrole nitrogens is 1. The summed E-state index contributed by atoms with van der Waals surface area (Å²) in [5.41, 5.74) is -0.418. The predicted molar refractivity (Wildman–Crippen MR) is 214 cm³/mol. The summed E-state index contributed by atoms with van der Waals surface area (Å²) in [5.74, 6) is -1.60. The summed E-state index contributed by atoms with van der Waals surface area (Å²) in [6, 6.07) is 15.1. The molecule has 4 aromatic rings. The van der Waals surface area contributed by atoms with Crippen molar-refractivity contribution < 1.29 is 35.8 Å². The molecule has 0 saturated carbocycles. The quantitative estimate of drug-likeness (QED) is 0.0238. The number of aromatic hydroxyl groups is 1. The van der Waals surface area contributed by atoms with E-state index in [2.05, 4.69) is 27.6 Å². The molecular weight excluding hydrogens is 801 g/mol. The Kier molecular flexibility index (Phi) is 22.2. The molecule has 4 rings (SSSR count). The van der Waals surface area contributed by atoms with E-state index >= 15 is 0 Å². The minimum atomic E-state index is -5.00. The predicted octanol–water partition coefficient (Wildman–Crippen LogP) is 7.90. The van der Waals surface area contributed by atoms with Crippen LogP contribution in [0.4, 0.5) is 17.2 Å². The summed E-state index contributed by atoms with van der Waals surface area (Å²) in [4.78, 5) is 24.8. The molecule has 0 aliphatic rings. The minimum Gasteiger partial charge on any atom is -0.506 e. The van der Waals surface area contributed by atoms with Crippen LogP contribution in [0.3, 0.4) is 0 Å². The Morgan fingerprint density at radius 2 is 1.25 bits per heavy atom. The fraction of sp³-hybridized carbons (Fsp3) is 0.405. The van der Waals surface area contributed by atoms with Crippen molar-refractivity contribution in [3.8, 4) is 11.4 Å². The molecule has 1 heterocycles. The zero-order valence-electron chi connectivity index (χ0n) is 31.7. The molecule has 3 aromatic carbocycles. The number of unbranched alkanes of at least 4 members (excludes halogenated alkanes) is 12. The molecule has 0 unspecified atom stereocenters. The van der Waals surface area contributed by atoms with Gasteiger partial charge in [-0.2, -0.15) is 16.8 Å². The van der Waals surface area contributed by atoms with Gasteiger partial charge in [0.15, 0.2) is 11.5 Å². The second-order valence-corrected chi connectivity index (χ2v) is 15.8. The number of nitrogens with zero attached hydrogens (tertiary/aromatic N) is 3. The van der Waals surface area contributed by atoms with E-state index in [4.69, 9.17) is 0 Å². The van der Waals surface area contributed by atoms with Gasteiger partial charge in [0, 0.05) is 108 Å². The first kappa shape index (κ1) is 49.8. The van der Waals surface area contributed by atoms with E-state index in [-0.39, 0.29) is 120 Å². The SMILES string of the molecule is CCCCCCCCCCCCCCCc1ccc(N=Nc2c(NC(=O)c3cc(S(=O)(=O)O)cc(S(=O)(=O)O)c3)[nH]n(-c3ccccc3)c2=O)c(O)c1.[K].[K]. The van der Waals surface area contributed by atoms with Crippen LogP contribution in [0.2, 0.25) is 0 Å². The van der Waals surface area contributed by atoms with Crippen LogP contribution in [-0.2, 0) is 26.7 Å². The van der Waals surface area contributed by atoms with Gasteiger partial charge in [0.05, 0.1) is 15.5 Å². The summed E-state index contributed by atoms with van der Waals surface area (Å²) in [6.45, 7) is 2.24. The Hall–Kier alpha value is -1.37. The topological polar surface area (TPSA) is 221 Å². The second kappa shape index (κ2) is 24.5. The average molecular weight is 848 g/mol. The normalized spacial score (nSPS) is 11.6. The number of rotatable bonds is 21. The van der Waals surface area contributed by atoms with Gasteiger partial charge in [-0.25, -0.2) is 4.68 Å². The molecule has 55 heavy (non-hydrogen) atoms. The molecule has 0 bridgehead atoms. The first-order chi connectivity index (χ1) is 25.3. The number of aromatic amines is 1. The number of azo groups is 1. The maximum Gasteiger partial charge on any atom is 0.301 e. The summed E-state index contributed by atoms with van der Waals surface area (Å²) in [5, 5.41) is 23.8. The standard InChI is InChI=1S/C37H47N5O9S2.2K/c1-2-3-4-5-6-7-8-9-10-11-12-13-15-18-27-21-22-32(33(43)23-27)39-40-34-35(41-42(37(34)45)29-19-16-14-17-20-29)38-36(44)28-24-30(52(46,47)48)26-31(25-28)53(49,50)51;;/h14,16-17,19-26,41,43H,2-13,15,18H2,1H3,(H,38,44)(H,46,47,48)(H,49,50,51);;. The fourth-order valence-corrected chi connectivity index (χ4v) is 6.99. The Labute approximate surface area is 407 Å². The van der Waals surface area contributed by atoms with Crippen LogP contribution in [0.15, 0.2) is 91.5 Å². The van der Waals surface area contributed by atoms with Crippen molar-refractivity contribution in [2.45, 2.75) is 107 Å². The van der Waals surface area contributed by atoms with Crippen LogP contribution in [0.5, 0.6) is 5.75 Å². The number of para-hydroxylation sites is 1. The van der Waals surface area contributed by atoms with Crippen molar-refractivity contribution in [2.75, 3.05) is 5.32 Å². The Morgan fingerprint density at radius 1 is 0.727 bits per heavy atom. The van der Waals surface area contributed by atoms with E-state index in [0.717, 1.165) is 29.5 Å². The van der Waals surface area contributed by atoms with Crippen LogP contribution < -0.4 is 10.9 Å². The number of nitrogens with one attached hydrogen (secondary N) is 2. The zero-order chi connectivity index (χ0) is 38.4. The minimum absolute atomic E-state index is 0. The summed E-state index contributed by atoms with van der Waals surface area (Å²) >= 11 is 0. The molecule has 288 valence electrons. The van der Waals surface area contributed by atoms with Gasteiger partial charge in [-0.1, -0.05) is 108 Å². The molecule has 0 spiro atoms. The molecule has 18 heteroatoms. The smallest absolute Gasteiger partial charge is 0.301 e. The van der Waals surface area contributed by atoms with Crippen LogP contribution >= 0.6 is 0 Å². The molecule has 5 N–H and O–H groups in total. The van der Waals surface area contributed by atoms with Crippen LogP contribution in [0, 0.1) is 0 Å². The average Bonchev–Trinajstić information content (AvgIpc) is 3.43. The largest absolute Gasteiger partial charge is 0.506 e. The third-order valence-corrected chi connectivity index (χ3v) is 10.4. The number of anilines is 1. The van der Waals surface area contributed by atoms with Gasteiger partial charge in [0.25, 0.3) is 26.1 Å². The van der Waals surface area contributed by atoms with Gasteiger partial charge in [0.2, 0.25) is 0 Å². The molecule has 14 nitrogen and oxygen atoms in total. The summed E-state index contributed by atoms with van der Waals surface area (Å²) in [6.07, 6.45) is 17.1. The van der Waals surface area contributed by atoms with Crippen molar-refractivity contribution in [3.05, 3.63) is 88.2 Å². The summed E-state index contributed by atoms with van der Waals surface area (Å²) in [7, 11) is -10.00. The maximum atomic E-state index is 13.5. The number of aromatic nitrogens is 2. The van der Waals surface area contributed by atoms with Crippen molar-refractivity contribution in [1.29, 1.82) is 0 Å². The maximum absolute atomic E-state index is 13.5. The second-order valence-electron chi connectivity index (χ2n) is 12.9. The van der Waals surface area contributed by atoms with Crippen molar-refractivity contribution >= 4 is 146 Å². The van der Waals surface area contributed by atoms with Crippen LogP contribution in [0.25, 0.3) is 5.69 Å². The number of phenolic OH excluding ortho intramolecular Hbond substituents is 1. The van der Waals surface area contributed by atoms with Gasteiger partial charge in [-0.15, -0.1) is 10.2 Å². The third-order valence-electron chi connectivity index (χ3n) is 8.72. The fourth-order valence-electron chi connectivity index (χ4n) is 5.81. The first-order valence-electron chi connectivity index (χ1n) is 17.8. The zero-order valence-corrected chi connectivity index (χ0v) is 39.6. The Bertz CT molecular complexity index is 2110. The molecule has 2 radical (unpaired) electrons. The number of benzene rings is 3. The van der Waals surface area contributed by atoms with E-state index in [1.807, 2.05) is 6.07 Å². The summed E-state index contributed by atoms with van der Waals surface area (Å²) < 4.78 is 67.1. The molecule has 0 aliphatic carbocycles. The van der Waals surface area contributed by atoms with E-state index in [1.54, 1.807) is 42.5 Å². The number of aryl methyl sites for hydroxylation is 1. The number of carbonyl (C=O) groups is 1. The van der Waals surface area contributed by atoms with E-state index < -0.39 is 52.7 Å². The number of hydrogen-bond donors (Lipinski definition) is 5. The van der Waals surface area contributed by atoms with Gasteiger partial charge in [-0.05, 0) is 60.9 Å². The molecule has 1 aromatic heterocycles. The molecular formula is C37H47K2N5O9S2. The van der Waals surface area contributed by atoms with Crippen molar-refractivity contribution in [1.82, 2.24) is 9.78 Å². The Balaban J connectivity index is 0.00000523. The molecule has 0 aliphatic heterocycles. The van der Waals surface area contributed by atoms with Gasteiger partial charge in [0.1, 0.15) is 11.4 Å². The monoisotopic (exact) mass is 847 g/mol. The van der Waals surface area contributed by atoms with Crippen LogP contribution in [0.1, 0.15) is 106 Å². The van der Waals surface area contributed by atoms with Crippen molar-refractivity contribution in [3.63, 3.8) is 0 Å². The number of hydrogen-bond acceptors (Lipinski definition) is 9. The number of carbonyl (C=O) groups excluding carboxylic acids is 1. The molecule has 0 fully saturated rings. The first-order valence-corrected chi connectivity index (χ1v) is 20.7. The van der Waals surface area contributed by atoms with Gasteiger partial charge in [-0.3, -0.25) is 23.8 Å². The van der Waals surface area contributed by atoms with Crippen LogP contribution in [-0.4, -0.2) is 150 Å². The van der Waals surface area contributed by atoms with Gasteiger partial charge < -0.3 is 10.4 Å². The van der Waals surface area contributed by atoms with E-state index in [1.165, 1.54) is 70.6 Å².